The van der Waals surface area contributed by atoms with Crippen LogP contribution in [0.1, 0.15) is 124 Å². The molecule has 43 heavy (non-hydrogen) atoms. The van der Waals surface area contributed by atoms with Crippen LogP contribution >= 0.6 is 0 Å². The van der Waals surface area contributed by atoms with Gasteiger partial charge in [-0.2, -0.15) is 0 Å². The number of aromatic hydroxyl groups is 1. The van der Waals surface area contributed by atoms with Gasteiger partial charge in [0.25, 0.3) is 0 Å². The molecule has 0 spiro atoms. The van der Waals surface area contributed by atoms with E-state index in [4.69, 9.17) is 19.7 Å². The zero-order chi connectivity index (χ0) is 33.6. The van der Waals surface area contributed by atoms with E-state index in [2.05, 4.69) is 39.2 Å². The lowest BCUT2D eigenvalue weighted by Crippen LogP contribution is -2.30. The van der Waals surface area contributed by atoms with Crippen LogP contribution in [-0.4, -0.2) is 47.8 Å². The first-order valence-corrected chi connectivity index (χ1v) is 16.1. The highest BCUT2D eigenvalue weighted by Gasteiger charge is 2.10. The van der Waals surface area contributed by atoms with Gasteiger partial charge in [-0.1, -0.05) is 92.9 Å². The Morgan fingerprint density at radius 2 is 1.53 bits per heavy atom. The standard InChI is InChI=1S/C16H23NO4.C9H12O2.C7H16.2C2H6/c1-12(18)11-17-16(21)6-4-2-3-5-15(20)13-7-9-14(19)10-8-13;1-7(2)6-9-8(3)10-4-5-11-9;1-4-6-7(3)5-2;2*1-2/h7-10,12,18-19H,2-6,11H2,1H3,(H,17,21);6H,1,3-5H2,2H3;7H,4-6H2,1-3H3;2*1-2H3/b;9-6+;;;. The second kappa shape index (κ2) is 30.4. The molecule has 1 aromatic rings. The van der Waals surface area contributed by atoms with Crippen molar-refractivity contribution < 1.29 is 29.3 Å². The first kappa shape index (κ1) is 44.4. The van der Waals surface area contributed by atoms with Crippen molar-refractivity contribution in [3.63, 3.8) is 0 Å². The van der Waals surface area contributed by atoms with E-state index in [1.165, 1.54) is 31.4 Å². The topological polar surface area (TPSA) is 105 Å². The van der Waals surface area contributed by atoms with E-state index in [0.29, 0.717) is 43.1 Å². The van der Waals surface area contributed by atoms with Crippen molar-refractivity contribution in [2.24, 2.45) is 5.92 Å². The highest BCUT2D eigenvalue weighted by molar-refractivity contribution is 5.96. The van der Waals surface area contributed by atoms with Crippen molar-refractivity contribution in [1.29, 1.82) is 0 Å². The number of rotatable bonds is 13. The molecule has 2 rings (SSSR count). The molecule has 2 unspecified atom stereocenters. The number of phenolic OH excluding ortho intramolecular Hbond substituents is 1. The van der Waals surface area contributed by atoms with Gasteiger partial charge in [0.15, 0.2) is 17.3 Å². The maximum absolute atomic E-state index is 11.8. The molecule has 0 aromatic heterocycles. The van der Waals surface area contributed by atoms with Gasteiger partial charge < -0.3 is 25.0 Å². The number of ether oxygens (including phenoxy) is 2. The molecule has 1 saturated heterocycles. The molecule has 7 heteroatoms. The summed E-state index contributed by atoms with van der Waals surface area (Å²) >= 11 is 0. The largest absolute Gasteiger partial charge is 0.508 e. The molecule has 1 aliphatic rings. The zero-order valence-electron chi connectivity index (χ0n) is 28.8. The summed E-state index contributed by atoms with van der Waals surface area (Å²) in [6.07, 6.45) is 8.52. The molecule has 0 aliphatic carbocycles. The lowest BCUT2D eigenvalue weighted by molar-refractivity contribution is -0.121. The number of phenols is 1. The van der Waals surface area contributed by atoms with E-state index < -0.39 is 6.10 Å². The third-order valence-corrected chi connectivity index (χ3v) is 5.84. The number of unbranched alkanes of at least 4 members (excludes halogenated alkanes) is 2. The number of nitrogens with one attached hydrogen (secondary N) is 1. The fourth-order valence-electron chi connectivity index (χ4n) is 3.40. The Bertz CT molecular complexity index is 890. The van der Waals surface area contributed by atoms with E-state index in [0.717, 1.165) is 30.8 Å². The molecule has 1 heterocycles. The molecule has 3 N–H and O–H groups in total. The summed E-state index contributed by atoms with van der Waals surface area (Å²) in [7, 11) is 0. The van der Waals surface area contributed by atoms with Gasteiger partial charge >= 0.3 is 0 Å². The Morgan fingerprint density at radius 3 is 2.00 bits per heavy atom. The molecule has 0 saturated carbocycles. The van der Waals surface area contributed by atoms with Gasteiger partial charge in [0.05, 0.1) is 6.10 Å². The van der Waals surface area contributed by atoms with E-state index in [1.54, 1.807) is 19.1 Å². The normalized spacial score (nSPS) is 13.7. The summed E-state index contributed by atoms with van der Waals surface area (Å²) in [5.41, 5.74) is 1.54. The SMILES string of the molecule is C=C(C)/C=C1/OCCOC1=C.CC.CC.CC(O)CNC(=O)CCCCCC(=O)c1ccc(O)cc1.CCCC(C)CC. The molecule has 0 radical (unpaired) electrons. The van der Waals surface area contributed by atoms with Crippen LogP contribution in [0.15, 0.2) is 60.6 Å². The van der Waals surface area contributed by atoms with Crippen molar-refractivity contribution in [3.8, 4) is 5.75 Å². The van der Waals surface area contributed by atoms with Gasteiger partial charge in [-0.25, -0.2) is 0 Å². The van der Waals surface area contributed by atoms with E-state index in [-0.39, 0.29) is 24.0 Å². The summed E-state index contributed by atoms with van der Waals surface area (Å²) in [5, 5.41) is 20.8. The van der Waals surface area contributed by atoms with Crippen molar-refractivity contribution in [1.82, 2.24) is 5.32 Å². The van der Waals surface area contributed by atoms with Crippen LogP contribution in [-0.2, 0) is 14.3 Å². The second-order valence-corrected chi connectivity index (χ2v) is 9.96. The molecule has 248 valence electrons. The van der Waals surface area contributed by atoms with Gasteiger partial charge in [0.1, 0.15) is 19.0 Å². The minimum absolute atomic E-state index is 0.0496. The summed E-state index contributed by atoms with van der Waals surface area (Å²) < 4.78 is 10.4. The fraction of sp³-hybridized carbons (Fsp3) is 0.611. The minimum Gasteiger partial charge on any atom is -0.508 e. The number of carbonyl (C=O) groups is 2. The third kappa shape index (κ3) is 27.5. The number of benzene rings is 1. The number of hydrogen-bond acceptors (Lipinski definition) is 6. The van der Waals surface area contributed by atoms with Crippen LogP contribution in [0.25, 0.3) is 0 Å². The van der Waals surface area contributed by atoms with Gasteiger partial charge in [0, 0.05) is 24.9 Å². The minimum atomic E-state index is -0.531. The van der Waals surface area contributed by atoms with Crippen molar-refractivity contribution in [3.05, 3.63) is 66.2 Å². The lowest BCUT2D eigenvalue weighted by Gasteiger charge is -2.19. The highest BCUT2D eigenvalue weighted by atomic mass is 16.6. The number of hydrogen-bond donors (Lipinski definition) is 3. The van der Waals surface area contributed by atoms with E-state index in [9.17, 15) is 9.59 Å². The monoisotopic (exact) mass is 605 g/mol. The van der Waals surface area contributed by atoms with Crippen molar-refractivity contribution in [2.75, 3.05) is 19.8 Å². The molecule has 1 aliphatic heterocycles. The number of carbonyl (C=O) groups excluding carboxylic acids is 2. The van der Waals surface area contributed by atoms with Crippen LogP contribution in [0, 0.1) is 5.92 Å². The summed E-state index contributed by atoms with van der Waals surface area (Å²) in [6, 6.07) is 6.22. The quantitative estimate of drug-likeness (QED) is 0.153. The lowest BCUT2D eigenvalue weighted by atomic mass is 10.0. The molecule has 0 bridgehead atoms. The van der Waals surface area contributed by atoms with E-state index >= 15 is 0 Å². The summed E-state index contributed by atoms with van der Waals surface area (Å²) in [5.74, 6) is 2.37. The maximum atomic E-state index is 11.8. The number of amides is 1. The predicted octanol–water partition coefficient (Wildman–Crippen LogP) is 8.91. The van der Waals surface area contributed by atoms with Gasteiger partial charge in [-0.05, 0) is 62.9 Å². The zero-order valence-corrected chi connectivity index (χ0v) is 28.8. The third-order valence-electron chi connectivity index (χ3n) is 5.84. The number of ketones is 1. The highest BCUT2D eigenvalue weighted by Crippen LogP contribution is 2.17. The molecule has 7 nitrogen and oxygen atoms in total. The van der Waals surface area contributed by atoms with Crippen LogP contribution in [0.2, 0.25) is 0 Å². The van der Waals surface area contributed by atoms with E-state index in [1.807, 2.05) is 40.7 Å². The van der Waals surface area contributed by atoms with Crippen LogP contribution < -0.4 is 5.32 Å². The smallest absolute Gasteiger partial charge is 0.220 e. The summed E-state index contributed by atoms with van der Waals surface area (Å²) in [4.78, 5) is 23.2. The van der Waals surface area contributed by atoms with Crippen LogP contribution in [0.4, 0.5) is 0 Å². The Kier molecular flexibility index (Phi) is 31.4. The average Bonchev–Trinajstić information content (AvgIpc) is 3.00. The Hall–Kier alpha value is -3.06. The fourth-order valence-corrected chi connectivity index (χ4v) is 3.40. The van der Waals surface area contributed by atoms with Gasteiger partial charge in [0.2, 0.25) is 5.91 Å². The Balaban J connectivity index is -0.000000605. The second-order valence-electron chi connectivity index (χ2n) is 9.96. The first-order chi connectivity index (χ1) is 20.5. The maximum Gasteiger partial charge on any atom is 0.220 e. The van der Waals surface area contributed by atoms with Crippen LogP contribution in [0.3, 0.4) is 0 Å². The van der Waals surface area contributed by atoms with Crippen molar-refractivity contribution in [2.45, 2.75) is 120 Å². The Labute approximate surface area is 263 Å². The molecular weight excluding hydrogens is 542 g/mol. The number of allylic oxidation sites excluding steroid dienone is 2. The molecule has 1 fully saturated rings. The number of Topliss-reactive ketones (excluding diaryl/α,β-unsaturated/α-hetero) is 1. The molecular formula is C36H63NO6. The average molecular weight is 606 g/mol. The van der Waals surface area contributed by atoms with Gasteiger partial charge in [-0.15, -0.1) is 0 Å². The number of aliphatic hydroxyl groups excluding tert-OH is 1. The molecule has 1 aromatic carbocycles. The van der Waals surface area contributed by atoms with Crippen molar-refractivity contribution >= 4 is 11.7 Å². The number of aliphatic hydroxyl groups is 1. The molecule has 2 atom stereocenters. The van der Waals surface area contributed by atoms with Crippen LogP contribution in [0.5, 0.6) is 5.75 Å². The first-order valence-electron chi connectivity index (χ1n) is 16.1. The molecule has 1 amide bonds. The Morgan fingerprint density at radius 1 is 0.977 bits per heavy atom. The van der Waals surface area contributed by atoms with Gasteiger partial charge in [-0.3, -0.25) is 9.59 Å². The predicted molar refractivity (Wildman–Crippen MR) is 181 cm³/mol. The summed E-state index contributed by atoms with van der Waals surface area (Å²) in [6.45, 7) is 27.2.